The van der Waals surface area contributed by atoms with Crippen LogP contribution in [0.4, 0.5) is 0 Å². The summed E-state index contributed by atoms with van der Waals surface area (Å²) in [6.45, 7) is 1.57. The van der Waals surface area contributed by atoms with Crippen LogP contribution in [0.15, 0.2) is 30.3 Å². The third-order valence-electron chi connectivity index (χ3n) is 5.27. The predicted molar refractivity (Wildman–Crippen MR) is 86.9 cm³/mol. The highest BCUT2D eigenvalue weighted by molar-refractivity contribution is 5.85. The van der Waals surface area contributed by atoms with Crippen LogP contribution in [-0.4, -0.2) is 47.9 Å². The highest BCUT2D eigenvalue weighted by atomic mass is 16.2. The Morgan fingerprint density at radius 2 is 2.09 bits per heavy atom. The van der Waals surface area contributed by atoms with Crippen LogP contribution in [0.2, 0.25) is 0 Å². The fourth-order valence-electron chi connectivity index (χ4n) is 3.94. The number of hydrogen-bond donors (Lipinski definition) is 2. The average molecular weight is 313 g/mol. The van der Waals surface area contributed by atoms with Crippen LogP contribution in [-0.2, 0) is 9.59 Å². The first-order valence-corrected chi connectivity index (χ1v) is 8.60. The van der Waals surface area contributed by atoms with E-state index in [1.165, 1.54) is 5.56 Å². The van der Waals surface area contributed by atoms with Gasteiger partial charge in [-0.3, -0.25) is 9.59 Å². The van der Waals surface area contributed by atoms with Crippen LogP contribution in [0.5, 0.6) is 0 Å². The molecule has 122 valence electrons. The van der Waals surface area contributed by atoms with Gasteiger partial charge in [-0.2, -0.15) is 0 Å². The number of carbonyl (C=O) groups excluding carboxylic acids is 2. The van der Waals surface area contributed by atoms with Gasteiger partial charge in [0.05, 0.1) is 12.1 Å². The van der Waals surface area contributed by atoms with Crippen molar-refractivity contribution in [1.29, 1.82) is 0 Å². The second kappa shape index (κ2) is 5.96. The third-order valence-corrected chi connectivity index (χ3v) is 5.27. The maximum atomic E-state index is 12.3. The minimum Gasteiger partial charge on any atom is -0.350 e. The standard InChI is InChI=1S/C18H23N3O2/c22-17-9-13(20-18(23)15-7-4-8-19-15)11-21(17)16-10-14(16)12-5-2-1-3-6-12/h1-3,5-6,13-16,19H,4,7-11H2,(H,20,23). The van der Waals surface area contributed by atoms with Crippen LogP contribution >= 0.6 is 0 Å². The lowest BCUT2D eigenvalue weighted by atomic mass is 10.1. The zero-order chi connectivity index (χ0) is 15.8. The first kappa shape index (κ1) is 14.7. The Kier molecular flexibility index (Phi) is 3.81. The van der Waals surface area contributed by atoms with Crippen molar-refractivity contribution in [2.75, 3.05) is 13.1 Å². The molecule has 4 rings (SSSR count). The second-order valence-corrected chi connectivity index (χ2v) is 6.92. The molecule has 4 atom stereocenters. The van der Waals surface area contributed by atoms with Crippen molar-refractivity contribution < 1.29 is 9.59 Å². The molecule has 0 spiro atoms. The van der Waals surface area contributed by atoms with E-state index in [1.54, 1.807) is 0 Å². The van der Waals surface area contributed by atoms with Gasteiger partial charge in [-0.05, 0) is 31.4 Å². The number of amides is 2. The third kappa shape index (κ3) is 2.98. The molecular weight excluding hydrogens is 290 g/mol. The Bertz CT molecular complexity index is 598. The van der Waals surface area contributed by atoms with Crippen molar-refractivity contribution in [3.63, 3.8) is 0 Å². The minimum atomic E-state index is -0.0721. The summed E-state index contributed by atoms with van der Waals surface area (Å²) in [7, 11) is 0. The lowest BCUT2D eigenvalue weighted by Gasteiger charge is -2.19. The number of carbonyl (C=O) groups is 2. The average Bonchev–Trinajstić information content (AvgIpc) is 2.98. The Morgan fingerprint density at radius 1 is 1.26 bits per heavy atom. The molecule has 4 unspecified atom stereocenters. The smallest absolute Gasteiger partial charge is 0.237 e. The molecule has 2 aliphatic heterocycles. The van der Waals surface area contributed by atoms with E-state index in [0.29, 0.717) is 24.9 Å². The highest BCUT2D eigenvalue weighted by Gasteiger charge is 2.48. The van der Waals surface area contributed by atoms with E-state index in [4.69, 9.17) is 0 Å². The van der Waals surface area contributed by atoms with Gasteiger partial charge in [0.25, 0.3) is 0 Å². The van der Waals surface area contributed by atoms with Gasteiger partial charge in [-0.1, -0.05) is 30.3 Å². The lowest BCUT2D eigenvalue weighted by Crippen LogP contribution is -2.46. The summed E-state index contributed by atoms with van der Waals surface area (Å²) in [6.07, 6.45) is 3.43. The summed E-state index contributed by atoms with van der Waals surface area (Å²) in [5.74, 6) is 0.696. The molecule has 1 saturated carbocycles. The van der Waals surface area contributed by atoms with E-state index in [1.807, 2.05) is 23.1 Å². The van der Waals surface area contributed by atoms with Crippen molar-refractivity contribution in [2.24, 2.45) is 0 Å². The summed E-state index contributed by atoms with van der Waals surface area (Å²) in [4.78, 5) is 26.5. The zero-order valence-corrected chi connectivity index (χ0v) is 13.2. The molecule has 1 aliphatic carbocycles. The summed E-state index contributed by atoms with van der Waals surface area (Å²) >= 11 is 0. The van der Waals surface area contributed by atoms with E-state index in [0.717, 1.165) is 25.8 Å². The number of rotatable bonds is 4. The van der Waals surface area contributed by atoms with Crippen LogP contribution in [0.3, 0.4) is 0 Å². The van der Waals surface area contributed by atoms with E-state index in [2.05, 4.69) is 22.8 Å². The number of nitrogens with one attached hydrogen (secondary N) is 2. The van der Waals surface area contributed by atoms with Crippen molar-refractivity contribution in [3.05, 3.63) is 35.9 Å². The maximum absolute atomic E-state index is 12.3. The Morgan fingerprint density at radius 3 is 2.83 bits per heavy atom. The molecule has 5 nitrogen and oxygen atoms in total. The predicted octanol–water partition coefficient (Wildman–Crippen LogP) is 1.01. The van der Waals surface area contributed by atoms with Crippen molar-refractivity contribution >= 4 is 11.8 Å². The molecule has 3 fully saturated rings. The van der Waals surface area contributed by atoms with Gasteiger partial charge >= 0.3 is 0 Å². The summed E-state index contributed by atoms with van der Waals surface area (Å²) in [6, 6.07) is 10.6. The van der Waals surface area contributed by atoms with Crippen molar-refractivity contribution in [3.8, 4) is 0 Å². The van der Waals surface area contributed by atoms with Crippen molar-refractivity contribution in [2.45, 2.75) is 49.7 Å². The minimum absolute atomic E-state index is 0.0329. The van der Waals surface area contributed by atoms with Gasteiger partial charge in [-0.25, -0.2) is 0 Å². The maximum Gasteiger partial charge on any atom is 0.237 e. The monoisotopic (exact) mass is 313 g/mol. The van der Waals surface area contributed by atoms with Gasteiger partial charge in [0.1, 0.15) is 0 Å². The van der Waals surface area contributed by atoms with Gasteiger partial charge in [0, 0.05) is 24.9 Å². The molecule has 5 heteroatoms. The molecule has 23 heavy (non-hydrogen) atoms. The first-order valence-electron chi connectivity index (χ1n) is 8.60. The molecule has 2 saturated heterocycles. The Labute approximate surface area is 136 Å². The summed E-state index contributed by atoms with van der Waals surface area (Å²) < 4.78 is 0. The van der Waals surface area contributed by atoms with Gasteiger partial charge in [0.15, 0.2) is 0 Å². The molecule has 1 aromatic carbocycles. The molecule has 0 radical (unpaired) electrons. The number of hydrogen-bond acceptors (Lipinski definition) is 3. The Hall–Kier alpha value is -1.88. The van der Waals surface area contributed by atoms with E-state index in [9.17, 15) is 9.59 Å². The number of likely N-dealkylation sites (tertiary alicyclic amines) is 1. The fraction of sp³-hybridized carbons (Fsp3) is 0.556. The van der Waals surface area contributed by atoms with E-state index < -0.39 is 0 Å². The zero-order valence-electron chi connectivity index (χ0n) is 13.2. The molecule has 0 aromatic heterocycles. The number of benzene rings is 1. The summed E-state index contributed by atoms with van der Waals surface area (Å²) in [5.41, 5.74) is 1.31. The molecule has 3 aliphatic rings. The highest BCUT2D eigenvalue weighted by Crippen LogP contribution is 2.45. The largest absolute Gasteiger partial charge is 0.350 e. The van der Waals surface area contributed by atoms with Crippen LogP contribution in [0.1, 0.15) is 37.2 Å². The van der Waals surface area contributed by atoms with E-state index in [-0.39, 0.29) is 23.9 Å². The number of nitrogens with zero attached hydrogens (tertiary/aromatic N) is 1. The molecule has 2 amide bonds. The van der Waals surface area contributed by atoms with Gasteiger partial charge in [-0.15, -0.1) is 0 Å². The quantitative estimate of drug-likeness (QED) is 0.872. The lowest BCUT2D eigenvalue weighted by molar-refractivity contribution is -0.128. The van der Waals surface area contributed by atoms with Crippen LogP contribution in [0.25, 0.3) is 0 Å². The van der Waals surface area contributed by atoms with Gasteiger partial charge in [0.2, 0.25) is 11.8 Å². The van der Waals surface area contributed by atoms with Gasteiger partial charge < -0.3 is 15.5 Å². The fourth-order valence-corrected chi connectivity index (χ4v) is 3.94. The molecule has 2 N–H and O–H groups in total. The Balaban J connectivity index is 1.33. The van der Waals surface area contributed by atoms with E-state index >= 15 is 0 Å². The second-order valence-electron chi connectivity index (χ2n) is 6.92. The van der Waals surface area contributed by atoms with Crippen LogP contribution in [0, 0.1) is 0 Å². The topological polar surface area (TPSA) is 61.4 Å². The first-order chi connectivity index (χ1) is 11.2. The molecule has 0 bridgehead atoms. The molecule has 2 heterocycles. The van der Waals surface area contributed by atoms with Crippen LogP contribution < -0.4 is 10.6 Å². The SMILES string of the molecule is O=C(NC1CC(=O)N(C2CC2c2ccccc2)C1)C1CCCN1. The summed E-state index contributed by atoms with van der Waals surface area (Å²) in [5, 5.41) is 6.26. The normalized spacial score (nSPS) is 33.0. The van der Waals surface area contributed by atoms with Crippen molar-refractivity contribution in [1.82, 2.24) is 15.5 Å². The molecule has 1 aromatic rings. The molecular formula is C18H23N3O2.